The number of anilines is 2. The zero-order valence-corrected chi connectivity index (χ0v) is 7.66. The van der Waals surface area contributed by atoms with Crippen LogP contribution in [0.25, 0.3) is 0 Å². The van der Waals surface area contributed by atoms with Crippen LogP contribution in [0.15, 0.2) is 18.2 Å². The molecule has 0 aromatic heterocycles. The summed E-state index contributed by atoms with van der Waals surface area (Å²) in [5.74, 6) is -0.949. The third kappa shape index (κ3) is 1.79. The van der Waals surface area contributed by atoms with Gasteiger partial charge in [-0.1, -0.05) is 0 Å². The number of rotatable bonds is 3. The zero-order valence-electron chi connectivity index (χ0n) is 7.66. The molecule has 0 aliphatic heterocycles. The van der Waals surface area contributed by atoms with Crippen LogP contribution in [0.4, 0.5) is 11.4 Å². The molecule has 1 aromatic rings. The Balaban J connectivity index is 2.21. The van der Waals surface area contributed by atoms with Crippen LogP contribution in [-0.2, 0) is 0 Å². The predicted molar refractivity (Wildman–Crippen MR) is 54.5 cm³/mol. The molecule has 1 saturated carbocycles. The van der Waals surface area contributed by atoms with Crippen LogP contribution >= 0.6 is 0 Å². The lowest BCUT2D eigenvalue weighted by Gasteiger charge is -2.08. The summed E-state index contributed by atoms with van der Waals surface area (Å²) in [6.07, 6.45) is 2.33. The Morgan fingerprint density at radius 3 is 2.71 bits per heavy atom. The van der Waals surface area contributed by atoms with Gasteiger partial charge in [0.1, 0.15) is 0 Å². The minimum Gasteiger partial charge on any atom is -0.478 e. The van der Waals surface area contributed by atoms with Gasteiger partial charge in [0.05, 0.1) is 16.9 Å². The van der Waals surface area contributed by atoms with Crippen molar-refractivity contribution in [2.45, 2.75) is 18.9 Å². The van der Waals surface area contributed by atoms with Crippen molar-refractivity contribution in [1.82, 2.24) is 0 Å². The maximum atomic E-state index is 10.6. The molecule has 1 aromatic carbocycles. The zero-order chi connectivity index (χ0) is 10.1. The van der Waals surface area contributed by atoms with Gasteiger partial charge in [0.2, 0.25) is 0 Å². The average molecular weight is 192 g/mol. The van der Waals surface area contributed by atoms with Gasteiger partial charge in [-0.2, -0.15) is 0 Å². The largest absolute Gasteiger partial charge is 0.478 e. The quantitative estimate of drug-likeness (QED) is 0.635. The molecule has 1 aliphatic rings. The first-order chi connectivity index (χ1) is 6.66. The Kier molecular flexibility index (Phi) is 2.04. The van der Waals surface area contributed by atoms with E-state index < -0.39 is 5.97 Å². The van der Waals surface area contributed by atoms with Gasteiger partial charge in [-0.25, -0.2) is 4.79 Å². The molecule has 0 atom stereocenters. The molecule has 14 heavy (non-hydrogen) atoms. The van der Waals surface area contributed by atoms with E-state index in [1.165, 1.54) is 18.9 Å². The van der Waals surface area contributed by atoms with Crippen molar-refractivity contribution in [3.05, 3.63) is 23.8 Å². The summed E-state index contributed by atoms with van der Waals surface area (Å²) in [6.45, 7) is 0. The number of benzene rings is 1. The molecule has 1 fully saturated rings. The third-order valence-corrected chi connectivity index (χ3v) is 2.24. The van der Waals surface area contributed by atoms with E-state index in [0.717, 1.165) is 5.69 Å². The van der Waals surface area contributed by atoms with Crippen molar-refractivity contribution in [2.24, 2.45) is 0 Å². The number of carbonyl (C=O) groups is 1. The minimum absolute atomic E-state index is 0.226. The van der Waals surface area contributed by atoms with Crippen LogP contribution in [0.1, 0.15) is 23.2 Å². The molecule has 0 bridgehead atoms. The van der Waals surface area contributed by atoms with E-state index in [9.17, 15) is 4.79 Å². The van der Waals surface area contributed by atoms with Crippen molar-refractivity contribution < 1.29 is 9.90 Å². The molecular weight excluding hydrogens is 180 g/mol. The number of nitrogens with two attached hydrogens (primary N) is 1. The van der Waals surface area contributed by atoms with Crippen LogP contribution in [0.3, 0.4) is 0 Å². The number of nitrogens with one attached hydrogen (secondary N) is 1. The Hall–Kier alpha value is -1.71. The van der Waals surface area contributed by atoms with Crippen LogP contribution in [-0.4, -0.2) is 17.1 Å². The van der Waals surface area contributed by atoms with Gasteiger partial charge in [-0.05, 0) is 31.0 Å². The molecule has 4 nitrogen and oxygen atoms in total. The summed E-state index contributed by atoms with van der Waals surface area (Å²) in [6, 6.07) is 5.28. The second-order valence-electron chi connectivity index (χ2n) is 3.53. The van der Waals surface area contributed by atoms with E-state index >= 15 is 0 Å². The van der Waals surface area contributed by atoms with Crippen molar-refractivity contribution >= 4 is 17.3 Å². The Bertz CT molecular complexity index is 372. The number of nitrogen functional groups attached to an aromatic ring is 1. The molecule has 4 heteroatoms. The number of hydrogen-bond acceptors (Lipinski definition) is 3. The lowest BCUT2D eigenvalue weighted by molar-refractivity contribution is 0.0697. The lowest BCUT2D eigenvalue weighted by atomic mass is 10.2. The molecule has 0 heterocycles. The molecular formula is C10H12N2O2. The van der Waals surface area contributed by atoms with Crippen LogP contribution in [0.2, 0.25) is 0 Å². The molecule has 2 rings (SSSR count). The first kappa shape index (κ1) is 8.87. The van der Waals surface area contributed by atoms with Gasteiger partial charge in [-0.15, -0.1) is 0 Å². The van der Waals surface area contributed by atoms with E-state index in [2.05, 4.69) is 5.32 Å². The van der Waals surface area contributed by atoms with Gasteiger partial charge < -0.3 is 16.2 Å². The standard InChI is InChI=1S/C10H12N2O2/c11-8-5-6(10(13)14)1-4-9(8)12-7-2-3-7/h1,4-5,7,12H,2-3,11H2,(H,13,14). The third-order valence-electron chi connectivity index (χ3n) is 2.24. The number of carboxylic acids is 1. The van der Waals surface area contributed by atoms with E-state index in [1.54, 1.807) is 12.1 Å². The van der Waals surface area contributed by atoms with Gasteiger partial charge in [0, 0.05) is 6.04 Å². The molecule has 0 unspecified atom stereocenters. The van der Waals surface area contributed by atoms with E-state index in [4.69, 9.17) is 10.8 Å². The molecule has 0 saturated heterocycles. The lowest BCUT2D eigenvalue weighted by Crippen LogP contribution is -2.05. The van der Waals surface area contributed by atoms with Gasteiger partial charge in [-0.3, -0.25) is 0 Å². The van der Waals surface area contributed by atoms with E-state index in [1.807, 2.05) is 0 Å². The van der Waals surface area contributed by atoms with E-state index in [-0.39, 0.29) is 5.56 Å². The highest BCUT2D eigenvalue weighted by Crippen LogP contribution is 2.28. The van der Waals surface area contributed by atoms with Crippen molar-refractivity contribution in [3.8, 4) is 0 Å². The monoisotopic (exact) mass is 192 g/mol. The fraction of sp³-hybridized carbons (Fsp3) is 0.300. The average Bonchev–Trinajstić information content (AvgIpc) is 2.92. The van der Waals surface area contributed by atoms with Crippen molar-refractivity contribution in [2.75, 3.05) is 11.1 Å². The predicted octanol–water partition coefficient (Wildman–Crippen LogP) is 1.54. The van der Waals surface area contributed by atoms with Crippen LogP contribution < -0.4 is 11.1 Å². The molecule has 4 N–H and O–H groups in total. The highest BCUT2D eigenvalue weighted by molar-refractivity contribution is 5.90. The van der Waals surface area contributed by atoms with E-state index in [0.29, 0.717) is 11.7 Å². The Morgan fingerprint density at radius 1 is 1.50 bits per heavy atom. The number of carboxylic acid groups (broad SMARTS) is 1. The molecule has 74 valence electrons. The summed E-state index contributed by atoms with van der Waals surface area (Å²) in [5.41, 5.74) is 7.26. The second kappa shape index (κ2) is 3.21. The smallest absolute Gasteiger partial charge is 0.335 e. The second-order valence-corrected chi connectivity index (χ2v) is 3.53. The van der Waals surface area contributed by atoms with Crippen LogP contribution in [0.5, 0.6) is 0 Å². The minimum atomic E-state index is -0.949. The van der Waals surface area contributed by atoms with Gasteiger partial charge >= 0.3 is 5.97 Å². The first-order valence-corrected chi connectivity index (χ1v) is 4.56. The normalized spacial score (nSPS) is 15.1. The summed E-state index contributed by atoms with van der Waals surface area (Å²) < 4.78 is 0. The van der Waals surface area contributed by atoms with Crippen molar-refractivity contribution in [1.29, 1.82) is 0 Å². The molecule has 1 aliphatic carbocycles. The molecule has 0 amide bonds. The van der Waals surface area contributed by atoms with Gasteiger partial charge in [0.25, 0.3) is 0 Å². The summed E-state index contributed by atoms with van der Waals surface area (Å²) in [4.78, 5) is 10.6. The SMILES string of the molecule is Nc1cc(C(=O)O)ccc1NC1CC1. The maximum Gasteiger partial charge on any atom is 0.335 e. The fourth-order valence-corrected chi connectivity index (χ4v) is 1.27. The summed E-state index contributed by atoms with van der Waals surface area (Å²) in [5, 5.41) is 12.0. The summed E-state index contributed by atoms with van der Waals surface area (Å²) in [7, 11) is 0. The number of aromatic carboxylic acids is 1. The Morgan fingerprint density at radius 2 is 2.21 bits per heavy atom. The topological polar surface area (TPSA) is 75.4 Å². The Labute approximate surface area is 81.7 Å². The highest BCUT2D eigenvalue weighted by Gasteiger charge is 2.21. The maximum absolute atomic E-state index is 10.6. The van der Waals surface area contributed by atoms with Crippen molar-refractivity contribution in [3.63, 3.8) is 0 Å². The fourth-order valence-electron chi connectivity index (χ4n) is 1.27. The van der Waals surface area contributed by atoms with Gasteiger partial charge in [0.15, 0.2) is 0 Å². The summed E-state index contributed by atoms with van der Waals surface area (Å²) >= 11 is 0. The van der Waals surface area contributed by atoms with Crippen LogP contribution in [0, 0.1) is 0 Å². The number of hydrogen-bond donors (Lipinski definition) is 3. The molecule has 0 spiro atoms. The highest BCUT2D eigenvalue weighted by atomic mass is 16.4. The molecule has 0 radical (unpaired) electrons. The first-order valence-electron chi connectivity index (χ1n) is 4.56.